The Kier molecular flexibility index (Phi) is 3.46. The standard InChI is InChI=1S/C9H6ClO3/c10-9(13-6-11)8(12)7-4-2-1-3-5-7/h1-5,9H. The number of carbonyl (C=O) groups excluding carboxylic acids is 2. The zero-order valence-corrected chi connectivity index (χ0v) is 7.32. The van der Waals surface area contributed by atoms with Gasteiger partial charge in [-0.25, -0.2) is 4.79 Å². The third kappa shape index (κ3) is 2.56. The van der Waals surface area contributed by atoms with Crippen molar-refractivity contribution < 1.29 is 14.3 Å². The summed E-state index contributed by atoms with van der Waals surface area (Å²) in [7, 11) is 0. The Morgan fingerprint density at radius 2 is 2.00 bits per heavy atom. The van der Waals surface area contributed by atoms with Gasteiger partial charge in [0.25, 0.3) is 0 Å². The molecule has 0 aromatic heterocycles. The molecule has 1 unspecified atom stereocenters. The molecule has 0 aliphatic rings. The smallest absolute Gasteiger partial charge is 0.419 e. The van der Waals surface area contributed by atoms with Crippen LogP contribution in [0.5, 0.6) is 0 Å². The molecule has 0 aliphatic carbocycles. The van der Waals surface area contributed by atoms with Crippen molar-refractivity contribution in [2.45, 2.75) is 5.56 Å². The summed E-state index contributed by atoms with van der Waals surface area (Å²) in [4.78, 5) is 21.1. The number of Topliss-reactive ketones (excluding diaryl/α,β-unsaturated/α-hetero) is 1. The van der Waals surface area contributed by atoms with Crippen LogP contribution in [0, 0.1) is 0 Å². The highest BCUT2D eigenvalue weighted by Crippen LogP contribution is 2.08. The highest BCUT2D eigenvalue weighted by Gasteiger charge is 2.17. The number of benzene rings is 1. The number of hydrogen-bond acceptors (Lipinski definition) is 3. The molecule has 1 radical (unpaired) electrons. The van der Waals surface area contributed by atoms with Crippen LogP contribution in [0.15, 0.2) is 30.3 Å². The first-order valence-corrected chi connectivity index (χ1v) is 3.95. The summed E-state index contributed by atoms with van der Waals surface area (Å²) in [6.45, 7) is 1.12. The maximum absolute atomic E-state index is 11.3. The number of alkyl halides is 1. The van der Waals surface area contributed by atoms with Gasteiger partial charge in [-0.2, -0.15) is 0 Å². The second-order valence-corrected chi connectivity index (χ2v) is 2.64. The molecule has 1 atom stereocenters. The summed E-state index contributed by atoms with van der Waals surface area (Å²) in [6.07, 6.45) is 0. The second-order valence-electron chi connectivity index (χ2n) is 2.25. The molecule has 4 heteroatoms. The fourth-order valence-electron chi connectivity index (χ4n) is 0.829. The van der Waals surface area contributed by atoms with E-state index in [-0.39, 0.29) is 0 Å². The Morgan fingerprint density at radius 3 is 2.54 bits per heavy atom. The molecule has 0 N–H and O–H groups in total. The van der Waals surface area contributed by atoms with E-state index in [9.17, 15) is 9.59 Å². The molecule has 1 rings (SSSR count). The number of ether oxygens (including phenoxy) is 1. The van der Waals surface area contributed by atoms with Gasteiger partial charge in [0.05, 0.1) is 0 Å². The number of carbonyl (C=O) groups is 1. The Balaban J connectivity index is 2.73. The fraction of sp³-hybridized carbons (Fsp3) is 0.111. The second kappa shape index (κ2) is 4.62. The maximum Gasteiger partial charge on any atom is 0.419 e. The molecule has 0 saturated heterocycles. The minimum absolute atomic E-state index is 0.401. The number of rotatable bonds is 4. The monoisotopic (exact) mass is 197 g/mol. The molecule has 0 spiro atoms. The van der Waals surface area contributed by atoms with Crippen molar-refractivity contribution in [1.82, 2.24) is 0 Å². The lowest BCUT2D eigenvalue weighted by Gasteiger charge is -2.04. The van der Waals surface area contributed by atoms with E-state index in [4.69, 9.17) is 11.6 Å². The average Bonchev–Trinajstić information content (AvgIpc) is 2.18. The summed E-state index contributed by atoms with van der Waals surface area (Å²) in [6, 6.07) is 8.34. The van der Waals surface area contributed by atoms with Gasteiger partial charge in [-0.1, -0.05) is 41.9 Å². The summed E-state index contributed by atoms with van der Waals surface area (Å²) < 4.78 is 4.17. The van der Waals surface area contributed by atoms with E-state index in [1.807, 2.05) is 0 Å². The Morgan fingerprint density at radius 1 is 1.38 bits per heavy atom. The molecule has 13 heavy (non-hydrogen) atoms. The van der Waals surface area contributed by atoms with Gasteiger partial charge in [0, 0.05) is 5.56 Å². The van der Waals surface area contributed by atoms with Crippen molar-refractivity contribution in [1.29, 1.82) is 0 Å². The molecule has 0 saturated carbocycles. The van der Waals surface area contributed by atoms with Gasteiger partial charge in [0.2, 0.25) is 11.3 Å². The van der Waals surface area contributed by atoms with Gasteiger partial charge in [0.1, 0.15) is 0 Å². The molecule has 0 heterocycles. The lowest BCUT2D eigenvalue weighted by Crippen LogP contribution is -2.17. The normalized spacial score (nSPS) is 11.8. The first-order chi connectivity index (χ1) is 6.25. The van der Waals surface area contributed by atoms with Crippen molar-refractivity contribution in [3.8, 4) is 0 Å². The third-order valence-corrected chi connectivity index (χ3v) is 1.70. The van der Waals surface area contributed by atoms with Crippen LogP contribution >= 0.6 is 11.6 Å². The Hall–Kier alpha value is -1.35. The molecule has 1 aromatic rings. The van der Waals surface area contributed by atoms with E-state index in [2.05, 4.69) is 4.74 Å². The van der Waals surface area contributed by atoms with E-state index in [0.29, 0.717) is 5.56 Å². The SMILES string of the molecule is O=[C]OC(Cl)C(=O)c1ccccc1. The van der Waals surface area contributed by atoms with Crippen molar-refractivity contribution in [3.05, 3.63) is 35.9 Å². The maximum atomic E-state index is 11.3. The molecular weight excluding hydrogens is 192 g/mol. The summed E-state index contributed by atoms with van der Waals surface area (Å²) in [5.74, 6) is -0.453. The van der Waals surface area contributed by atoms with Crippen LogP contribution in [0.3, 0.4) is 0 Å². The van der Waals surface area contributed by atoms with Crippen LogP contribution in [0.25, 0.3) is 0 Å². The van der Waals surface area contributed by atoms with Crippen molar-refractivity contribution in [2.75, 3.05) is 0 Å². The quantitative estimate of drug-likeness (QED) is 0.543. The molecular formula is C9H6ClO3. The predicted octanol–water partition coefficient (Wildman–Crippen LogP) is 1.52. The lowest BCUT2D eigenvalue weighted by atomic mass is 10.1. The Bertz CT molecular complexity index is 297. The van der Waals surface area contributed by atoms with Crippen LogP contribution in [0.4, 0.5) is 0 Å². The summed E-state index contributed by atoms with van der Waals surface area (Å²) >= 11 is 5.43. The van der Waals surface area contributed by atoms with E-state index >= 15 is 0 Å². The summed E-state index contributed by atoms with van der Waals surface area (Å²) in [5, 5.41) is 0. The molecule has 1 aromatic carbocycles. The first kappa shape index (κ1) is 9.74. The van der Waals surface area contributed by atoms with Gasteiger partial charge >= 0.3 is 6.47 Å². The topological polar surface area (TPSA) is 43.4 Å². The average molecular weight is 198 g/mol. The first-order valence-electron chi connectivity index (χ1n) is 3.52. The van der Waals surface area contributed by atoms with E-state index in [0.717, 1.165) is 6.47 Å². The number of halogens is 1. The largest absolute Gasteiger partial charge is 0.429 e. The predicted molar refractivity (Wildman–Crippen MR) is 47.2 cm³/mol. The minimum atomic E-state index is -1.29. The molecule has 0 fully saturated rings. The Labute approximate surface area is 80.3 Å². The van der Waals surface area contributed by atoms with Gasteiger partial charge in [-0.15, -0.1) is 0 Å². The van der Waals surface area contributed by atoms with Gasteiger partial charge in [0.15, 0.2) is 0 Å². The van der Waals surface area contributed by atoms with Gasteiger partial charge in [-0.3, -0.25) is 4.79 Å². The molecule has 0 aliphatic heterocycles. The molecule has 67 valence electrons. The third-order valence-electron chi connectivity index (χ3n) is 1.42. The molecule has 3 nitrogen and oxygen atoms in total. The number of ketones is 1. The highest BCUT2D eigenvalue weighted by molar-refractivity contribution is 6.33. The van der Waals surface area contributed by atoms with E-state index in [1.54, 1.807) is 30.3 Å². The zero-order chi connectivity index (χ0) is 9.68. The zero-order valence-electron chi connectivity index (χ0n) is 6.57. The van der Waals surface area contributed by atoms with Crippen LogP contribution in [0.1, 0.15) is 10.4 Å². The lowest BCUT2D eigenvalue weighted by molar-refractivity contribution is 0.0868. The minimum Gasteiger partial charge on any atom is -0.429 e. The van der Waals surface area contributed by atoms with Crippen LogP contribution < -0.4 is 0 Å². The highest BCUT2D eigenvalue weighted by atomic mass is 35.5. The summed E-state index contributed by atoms with van der Waals surface area (Å²) in [5.41, 5.74) is -0.891. The number of hydrogen-bond donors (Lipinski definition) is 0. The molecule has 0 amide bonds. The van der Waals surface area contributed by atoms with Gasteiger partial charge in [-0.05, 0) is 0 Å². The van der Waals surface area contributed by atoms with Crippen LogP contribution in [-0.2, 0) is 9.53 Å². The van der Waals surface area contributed by atoms with E-state index < -0.39 is 11.3 Å². The fourth-order valence-corrected chi connectivity index (χ4v) is 0.992. The van der Waals surface area contributed by atoms with Crippen molar-refractivity contribution >= 4 is 23.9 Å². The van der Waals surface area contributed by atoms with E-state index in [1.165, 1.54) is 0 Å². The van der Waals surface area contributed by atoms with Crippen LogP contribution in [-0.4, -0.2) is 17.8 Å². The molecule has 0 bridgehead atoms. The van der Waals surface area contributed by atoms with Crippen molar-refractivity contribution in [2.24, 2.45) is 0 Å². The van der Waals surface area contributed by atoms with Crippen molar-refractivity contribution in [3.63, 3.8) is 0 Å². The van der Waals surface area contributed by atoms with Crippen LogP contribution in [0.2, 0.25) is 0 Å². The van der Waals surface area contributed by atoms with Gasteiger partial charge < -0.3 is 4.74 Å².